The molecule has 0 saturated carbocycles. The third kappa shape index (κ3) is 7.88. The number of nitrogens with one attached hydrogen (secondary N) is 2. The van der Waals surface area contributed by atoms with Crippen LogP contribution in [0.25, 0.3) is 0 Å². The molecule has 8 nitrogen and oxygen atoms in total. The average Bonchev–Trinajstić information content (AvgIpc) is 2.23. The Morgan fingerprint density at radius 1 is 1.41 bits per heavy atom. The highest BCUT2D eigenvalue weighted by molar-refractivity contribution is 5.82. The molecule has 1 atom stereocenters. The number of nitrogens with two attached hydrogens (primary N) is 1. The number of amides is 3. The Bertz CT molecular complexity index is 282. The molecule has 0 rings (SSSR count). The Hall–Kier alpha value is -1.99. The lowest BCUT2D eigenvalue weighted by atomic mass is 10.2. The predicted molar refractivity (Wildman–Crippen MR) is 58.4 cm³/mol. The highest BCUT2D eigenvalue weighted by atomic mass is 16.5. The number of carbonyl (C=O) groups excluding carboxylic acids is 2. The second-order valence-electron chi connectivity index (χ2n) is 3.25. The average molecular weight is 247 g/mol. The van der Waals surface area contributed by atoms with Crippen LogP contribution < -0.4 is 16.4 Å². The summed E-state index contributed by atoms with van der Waals surface area (Å²) in [6, 6.07) is -1.55. The minimum Gasteiger partial charge on any atom is -0.480 e. The molecule has 5 N–H and O–H groups in total. The van der Waals surface area contributed by atoms with Gasteiger partial charge in [-0.05, 0) is 6.42 Å². The quantitative estimate of drug-likeness (QED) is 0.456. The molecule has 8 heteroatoms. The maximum atomic E-state index is 11.2. The second kappa shape index (κ2) is 8.20. The number of ether oxygens (including phenoxy) is 1. The molecule has 0 aromatic rings. The summed E-state index contributed by atoms with van der Waals surface area (Å²) in [5.41, 5.74) is 4.70. The molecule has 17 heavy (non-hydrogen) atoms. The van der Waals surface area contributed by atoms with E-state index in [2.05, 4.69) is 15.4 Å². The van der Waals surface area contributed by atoms with Crippen LogP contribution in [0.15, 0.2) is 0 Å². The Morgan fingerprint density at radius 3 is 2.53 bits per heavy atom. The van der Waals surface area contributed by atoms with Gasteiger partial charge in [-0.15, -0.1) is 0 Å². The molecule has 98 valence electrons. The van der Waals surface area contributed by atoms with E-state index in [0.717, 1.165) is 0 Å². The lowest BCUT2D eigenvalue weighted by molar-refractivity contribution is -0.139. The Morgan fingerprint density at radius 2 is 2.06 bits per heavy atom. The van der Waals surface area contributed by atoms with Gasteiger partial charge in [0.15, 0.2) is 0 Å². The number of carboxylic acids is 1. The van der Waals surface area contributed by atoms with Crippen molar-refractivity contribution in [3.8, 4) is 0 Å². The Kier molecular flexibility index (Phi) is 7.24. The summed E-state index contributed by atoms with van der Waals surface area (Å²) in [7, 11) is 0. The van der Waals surface area contributed by atoms with E-state index >= 15 is 0 Å². The summed E-state index contributed by atoms with van der Waals surface area (Å²) >= 11 is 0. The smallest absolute Gasteiger partial charge is 0.404 e. The van der Waals surface area contributed by atoms with Crippen LogP contribution in [0.5, 0.6) is 0 Å². The molecule has 0 aliphatic carbocycles. The monoisotopic (exact) mass is 247 g/mol. The van der Waals surface area contributed by atoms with Crippen molar-refractivity contribution in [1.29, 1.82) is 0 Å². The van der Waals surface area contributed by atoms with Crippen molar-refractivity contribution < 1.29 is 24.2 Å². The second-order valence-corrected chi connectivity index (χ2v) is 3.25. The van der Waals surface area contributed by atoms with Crippen LogP contribution in [0.3, 0.4) is 0 Å². The summed E-state index contributed by atoms with van der Waals surface area (Å²) in [6.45, 7) is 1.82. The van der Waals surface area contributed by atoms with Crippen molar-refractivity contribution in [3.05, 3.63) is 0 Å². The molecule has 0 aromatic carbocycles. The van der Waals surface area contributed by atoms with Crippen molar-refractivity contribution in [3.63, 3.8) is 0 Å². The molecule has 0 saturated heterocycles. The highest BCUT2D eigenvalue weighted by Gasteiger charge is 2.18. The number of hydrogen-bond acceptors (Lipinski definition) is 4. The number of carboxylic acid groups (broad SMARTS) is 1. The Labute approximate surface area is 98.5 Å². The van der Waals surface area contributed by atoms with E-state index in [1.807, 2.05) is 6.92 Å². The van der Waals surface area contributed by atoms with E-state index in [0.29, 0.717) is 12.8 Å². The molecule has 0 aliphatic heterocycles. The van der Waals surface area contributed by atoms with Crippen LogP contribution in [0.1, 0.15) is 19.8 Å². The number of primary amides is 1. The van der Waals surface area contributed by atoms with Crippen LogP contribution in [0.4, 0.5) is 9.59 Å². The van der Waals surface area contributed by atoms with E-state index in [-0.39, 0.29) is 13.2 Å². The molecule has 0 aliphatic rings. The van der Waals surface area contributed by atoms with Crippen molar-refractivity contribution >= 4 is 18.1 Å². The first kappa shape index (κ1) is 15.0. The first-order valence-electron chi connectivity index (χ1n) is 5.16. The normalized spacial score (nSPS) is 11.4. The van der Waals surface area contributed by atoms with Crippen LogP contribution in [-0.2, 0) is 9.53 Å². The fourth-order valence-corrected chi connectivity index (χ4v) is 1.07. The summed E-state index contributed by atoms with van der Waals surface area (Å²) in [4.78, 5) is 32.1. The van der Waals surface area contributed by atoms with Crippen LogP contribution in [-0.4, -0.2) is 42.4 Å². The van der Waals surface area contributed by atoms with E-state index in [9.17, 15) is 14.4 Å². The maximum absolute atomic E-state index is 11.2. The van der Waals surface area contributed by atoms with Gasteiger partial charge in [-0.25, -0.2) is 14.4 Å². The van der Waals surface area contributed by atoms with E-state index < -0.39 is 24.1 Å². The molecule has 0 fully saturated rings. The summed E-state index contributed by atoms with van der Waals surface area (Å²) in [6.07, 6.45) is 0.0596. The topological polar surface area (TPSA) is 131 Å². The summed E-state index contributed by atoms with van der Waals surface area (Å²) < 4.78 is 4.37. The van der Waals surface area contributed by atoms with E-state index in [4.69, 9.17) is 10.8 Å². The third-order valence-electron chi connectivity index (χ3n) is 1.81. The number of carbonyl (C=O) groups is 3. The Balaban J connectivity index is 3.82. The highest BCUT2D eigenvalue weighted by Crippen LogP contribution is 1.96. The number of hydrogen-bond donors (Lipinski definition) is 4. The van der Waals surface area contributed by atoms with Crippen LogP contribution >= 0.6 is 0 Å². The summed E-state index contributed by atoms with van der Waals surface area (Å²) in [5.74, 6) is -1.09. The number of rotatable bonds is 7. The maximum Gasteiger partial charge on any atom is 0.404 e. The number of aliphatic carboxylic acids is 1. The minimum atomic E-state index is -1.09. The van der Waals surface area contributed by atoms with Crippen LogP contribution in [0.2, 0.25) is 0 Å². The lowest BCUT2D eigenvalue weighted by Crippen LogP contribution is -2.46. The van der Waals surface area contributed by atoms with Gasteiger partial charge in [-0.1, -0.05) is 13.3 Å². The van der Waals surface area contributed by atoms with Gasteiger partial charge in [0.25, 0.3) is 0 Å². The number of urea groups is 1. The molecular weight excluding hydrogens is 230 g/mol. The van der Waals surface area contributed by atoms with Crippen molar-refractivity contribution in [1.82, 2.24) is 10.6 Å². The molecule has 0 unspecified atom stereocenters. The van der Waals surface area contributed by atoms with Gasteiger partial charge in [0.1, 0.15) is 12.6 Å². The van der Waals surface area contributed by atoms with Crippen molar-refractivity contribution in [2.45, 2.75) is 25.8 Å². The largest absolute Gasteiger partial charge is 0.480 e. The van der Waals surface area contributed by atoms with Crippen molar-refractivity contribution in [2.75, 3.05) is 13.2 Å². The van der Waals surface area contributed by atoms with Gasteiger partial charge >= 0.3 is 18.1 Å². The molecule has 0 radical (unpaired) electrons. The van der Waals surface area contributed by atoms with Gasteiger partial charge in [-0.2, -0.15) is 0 Å². The molecular formula is C9H17N3O5. The molecule has 0 aromatic heterocycles. The SMILES string of the molecule is CCC[C@@H](NC(=O)NCCOC(N)=O)C(=O)O. The van der Waals surface area contributed by atoms with E-state index in [1.165, 1.54) is 0 Å². The lowest BCUT2D eigenvalue weighted by Gasteiger charge is -2.14. The van der Waals surface area contributed by atoms with Gasteiger partial charge in [-0.3, -0.25) is 0 Å². The van der Waals surface area contributed by atoms with Gasteiger partial charge in [0.2, 0.25) is 0 Å². The fraction of sp³-hybridized carbons (Fsp3) is 0.667. The van der Waals surface area contributed by atoms with E-state index in [1.54, 1.807) is 0 Å². The molecule has 0 spiro atoms. The third-order valence-corrected chi connectivity index (χ3v) is 1.81. The summed E-state index contributed by atoms with van der Waals surface area (Å²) in [5, 5.41) is 13.4. The van der Waals surface area contributed by atoms with Gasteiger partial charge in [0.05, 0.1) is 6.54 Å². The minimum absolute atomic E-state index is 0.0612. The standard InChI is InChI=1S/C9H17N3O5/c1-2-3-6(7(13)14)12-9(16)11-4-5-17-8(10)15/h6H,2-5H2,1H3,(H2,10,15)(H,13,14)(H2,11,12,16)/t6-/m1/s1. The van der Waals surface area contributed by atoms with Gasteiger partial charge in [0, 0.05) is 0 Å². The molecule has 0 bridgehead atoms. The predicted octanol–water partition coefficient (Wildman–Crippen LogP) is -0.366. The van der Waals surface area contributed by atoms with Gasteiger partial charge < -0.3 is 26.2 Å². The zero-order valence-electron chi connectivity index (χ0n) is 9.56. The zero-order chi connectivity index (χ0) is 13.3. The van der Waals surface area contributed by atoms with Crippen LogP contribution in [0, 0.1) is 0 Å². The fourth-order valence-electron chi connectivity index (χ4n) is 1.07. The van der Waals surface area contributed by atoms with Crippen molar-refractivity contribution in [2.24, 2.45) is 5.73 Å². The zero-order valence-corrected chi connectivity index (χ0v) is 9.56. The molecule has 3 amide bonds. The first-order valence-corrected chi connectivity index (χ1v) is 5.16. The first-order chi connectivity index (χ1) is 7.97. The molecule has 0 heterocycles.